The lowest BCUT2D eigenvalue weighted by Crippen LogP contribution is -2.37. The van der Waals surface area contributed by atoms with Crippen molar-refractivity contribution in [3.63, 3.8) is 0 Å². The van der Waals surface area contributed by atoms with Crippen molar-refractivity contribution in [2.45, 2.75) is 13.5 Å². The summed E-state index contributed by atoms with van der Waals surface area (Å²) in [6.45, 7) is 2.36. The fourth-order valence-electron chi connectivity index (χ4n) is 3.90. The molecule has 36 heavy (non-hydrogen) atoms. The molecule has 0 aliphatic carbocycles. The third kappa shape index (κ3) is 4.42. The summed E-state index contributed by atoms with van der Waals surface area (Å²) >= 11 is 0. The maximum absolute atomic E-state index is 13.1. The fourth-order valence-corrected chi connectivity index (χ4v) is 3.90. The zero-order valence-corrected chi connectivity index (χ0v) is 21.0. The molecule has 0 unspecified atom stereocenters. The van der Waals surface area contributed by atoms with Crippen LogP contribution in [-0.4, -0.2) is 46.2 Å². The number of hydrogen-bond donors (Lipinski definition) is 1. The third-order valence-electron chi connectivity index (χ3n) is 5.87. The number of hydrogen-bond acceptors (Lipinski definition) is 8. The molecule has 0 saturated carbocycles. The molecule has 0 atom stereocenters. The number of nitrogens with zero attached hydrogens (tertiary/aromatic N) is 5. The Morgan fingerprint density at radius 1 is 0.972 bits per heavy atom. The Morgan fingerprint density at radius 3 is 2.19 bits per heavy atom. The number of benzene rings is 2. The number of nitrogens with one attached hydrogen (secondary N) is 1. The van der Waals surface area contributed by atoms with Crippen molar-refractivity contribution in [2.75, 3.05) is 26.8 Å². The number of aryl methyl sites for hydroxylation is 2. The van der Waals surface area contributed by atoms with Gasteiger partial charge in [-0.25, -0.2) is 10.2 Å². The highest BCUT2D eigenvalue weighted by atomic mass is 16.5. The maximum Gasteiger partial charge on any atom is 0.332 e. The second-order valence-corrected chi connectivity index (χ2v) is 8.21. The van der Waals surface area contributed by atoms with Crippen LogP contribution < -0.4 is 30.9 Å². The highest BCUT2D eigenvalue weighted by molar-refractivity contribution is 5.83. The predicted molar refractivity (Wildman–Crippen MR) is 138 cm³/mol. The Morgan fingerprint density at radius 2 is 1.61 bits per heavy atom. The molecular formula is C25H28N6O5. The SMILES string of the molecule is COc1cc(C=NNc2nc3c(c(=O)n(C)c(=O)n3C)n2Cc2ccc(C)cc2)cc(OC)c1OC. The van der Waals surface area contributed by atoms with E-state index in [9.17, 15) is 9.59 Å². The number of anilines is 1. The van der Waals surface area contributed by atoms with Crippen LogP contribution in [0.25, 0.3) is 11.2 Å². The zero-order valence-electron chi connectivity index (χ0n) is 21.0. The Balaban J connectivity index is 1.78. The highest BCUT2D eigenvalue weighted by Gasteiger charge is 2.19. The van der Waals surface area contributed by atoms with E-state index < -0.39 is 11.2 Å². The molecule has 0 bridgehead atoms. The Bertz CT molecular complexity index is 1540. The van der Waals surface area contributed by atoms with Gasteiger partial charge in [0.25, 0.3) is 5.56 Å². The topological polar surface area (TPSA) is 114 Å². The molecule has 0 aliphatic heterocycles. The van der Waals surface area contributed by atoms with E-state index in [1.807, 2.05) is 31.2 Å². The van der Waals surface area contributed by atoms with E-state index in [4.69, 9.17) is 14.2 Å². The average molecular weight is 493 g/mol. The van der Waals surface area contributed by atoms with E-state index in [0.29, 0.717) is 40.8 Å². The molecule has 11 heteroatoms. The van der Waals surface area contributed by atoms with Gasteiger partial charge in [-0.05, 0) is 24.6 Å². The second kappa shape index (κ2) is 9.98. The first kappa shape index (κ1) is 24.6. The molecule has 4 rings (SSSR count). The smallest absolute Gasteiger partial charge is 0.332 e. The molecule has 0 fully saturated rings. The number of rotatable bonds is 8. The van der Waals surface area contributed by atoms with Crippen LogP contribution in [0.4, 0.5) is 5.95 Å². The van der Waals surface area contributed by atoms with Crippen molar-refractivity contribution in [1.29, 1.82) is 0 Å². The summed E-state index contributed by atoms with van der Waals surface area (Å²) in [5.41, 5.74) is 5.36. The summed E-state index contributed by atoms with van der Waals surface area (Å²) in [5, 5.41) is 4.33. The monoisotopic (exact) mass is 492 g/mol. The molecule has 2 heterocycles. The number of aromatic nitrogens is 4. The zero-order chi connectivity index (χ0) is 26.0. The van der Waals surface area contributed by atoms with Crippen molar-refractivity contribution in [2.24, 2.45) is 19.2 Å². The molecule has 188 valence electrons. The minimum absolute atomic E-state index is 0.265. The van der Waals surface area contributed by atoms with Gasteiger partial charge in [-0.2, -0.15) is 10.1 Å². The van der Waals surface area contributed by atoms with E-state index in [1.165, 1.54) is 32.9 Å². The van der Waals surface area contributed by atoms with Crippen molar-refractivity contribution < 1.29 is 14.2 Å². The van der Waals surface area contributed by atoms with Gasteiger partial charge in [-0.3, -0.25) is 18.5 Å². The first-order chi connectivity index (χ1) is 17.3. The van der Waals surface area contributed by atoms with Crippen LogP contribution in [0.3, 0.4) is 0 Å². The van der Waals surface area contributed by atoms with Gasteiger partial charge < -0.3 is 14.2 Å². The second-order valence-electron chi connectivity index (χ2n) is 8.21. The van der Waals surface area contributed by atoms with E-state index >= 15 is 0 Å². The minimum Gasteiger partial charge on any atom is -0.493 e. The van der Waals surface area contributed by atoms with Gasteiger partial charge in [0.15, 0.2) is 22.7 Å². The molecule has 2 aromatic heterocycles. The van der Waals surface area contributed by atoms with Crippen molar-refractivity contribution in [1.82, 2.24) is 18.7 Å². The maximum atomic E-state index is 13.1. The van der Waals surface area contributed by atoms with Crippen molar-refractivity contribution in [3.8, 4) is 17.2 Å². The van der Waals surface area contributed by atoms with Gasteiger partial charge in [0, 0.05) is 19.7 Å². The first-order valence-corrected chi connectivity index (χ1v) is 11.1. The molecule has 4 aromatic rings. The summed E-state index contributed by atoms with van der Waals surface area (Å²) in [4.78, 5) is 30.1. The summed E-state index contributed by atoms with van der Waals surface area (Å²) in [5.74, 6) is 1.76. The normalized spacial score (nSPS) is 11.3. The highest BCUT2D eigenvalue weighted by Crippen LogP contribution is 2.37. The third-order valence-corrected chi connectivity index (χ3v) is 5.87. The summed E-state index contributed by atoms with van der Waals surface area (Å²) in [6.07, 6.45) is 1.57. The lowest BCUT2D eigenvalue weighted by atomic mass is 10.1. The quantitative estimate of drug-likeness (QED) is 0.296. The molecular weight excluding hydrogens is 464 g/mol. The Kier molecular flexibility index (Phi) is 6.82. The number of fused-ring (bicyclic) bond motifs is 1. The van der Waals surface area contributed by atoms with Crippen LogP contribution in [0, 0.1) is 6.92 Å². The summed E-state index contributed by atoms with van der Waals surface area (Å²) in [7, 11) is 7.63. The molecule has 0 amide bonds. The van der Waals surface area contributed by atoms with E-state index in [1.54, 1.807) is 30.0 Å². The molecule has 11 nitrogen and oxygen atoms in total. The number of imidazole rings is 1. The van der Waals surface area contributed by atoms with Gasteiger partial charge in [-0.1, -0.05) is 29.8 Å². The minimum atomic E-state index is -0.458. The lowest BCUT2D eigenvalue weighted by Gasteiger charge is -2.12. The molecule has 0 aliphatic rings. The van der Waals surface area contributed by atoms with Crippen LogP contribution in [0.5, 0.6) is 17.2 Å². The van der Waals surface area contributed by atoms with Gasteiger partial charge in [0.2, 0.25) is 11.7 Å². The fraction of sp³-hybridized carbons (Fsp3) is 0.280. The van der Waals surface area contributed by atoms with E-state index in [0.717, 1.165) is 15.7 Å². The van der Waals surface area contributed by atoms with Gasteiger partial charge in [0.05, 0.1) is 34.1 Å². The van der Waals surface area contributed by atoms with Crippen LogP contribution in [0.15, 0.2) is 51.1 Å². The molecule has 0 spiro atoms. The van der Waals surface area contributed by atoms with Gasteiger partial charge in [0.1, 0.15) is 0 Å². The Hall–Kier alpha value is -4.54. The summed E-state index contributed by atoms with van der Waals surface area (Å²) in [6, 6.07) is 11.5. The van der Waals surface area contributed by atoms with Crippen LogP contribution in [-0.2, 0) is 20.6 Å². The van der Waals surface area contributed by atoms with Gasteiger partial charge in [-0.15, -0.1) is 0 Å². The molecule has 2 aromatic carbocycles. The van der Waals surface area contributed by atoms with E-state index in [2.05, 4.69) is 15.5 Å². The Labute approximate surface area is 207 Å². The average Bonchev–Trinajstić information content (AvgIpc) is 3.24. The largest absolute Gasteiger partial charge is 0.493 e. The van der Waals surface area contributed by atoms with Crippen molar-refractivity contribution >= 4 is 23.3 Å². The number of ether oxygens (including phenoxy) is 3. The summed E-state index contributed by atoms with van der Waals surface area (Å²) < 4.78 is 20.3. The molecule has 0 radical (unpaired) electrons. The molecule has 1 N–H and O–H groups in total. The van der Waals surface area contributed by atoms with E-state index in [-0.39, 0.29) is 5.65 Å². The molecule has 0 saturated heterocycles. The van der Waals surface area contributed by atoms with Crippen LogP contribution in [0.1, 0.15) is 16.7 Å². The van der Waals surface area contributed by atoms with Crippen LogP contribution >= 0.6 is 0 Å². The lowest BCUT2D eigenvalue weighted by molar-refractivity contribution is 0.324. The number of methoxy groups -OCH3 is 3. The van der Waals surface area contributed by atoms with Crippen molar-refractivity contribution in [3.05, 3.63) is 73.9 Å². The van der Waals surface area contributed by atoms with Crippen LogP contribution in [0.2, 0.25) is 0 Å². The van der Waals surface area contributed by atoms with Gasteiger partial charge >= 0.3 is 5.69 Å². The predicted octanol–water partition coefficient (Wildman–Crippen LogP) is 2.26. The first-order valence-electron chi connectivity index (χ1n) is 11.1. The standard InChI is InChI=1S/C25H28N6O5/c1-15-7-9-16(10-8-15)14-31-20-22(29(2)25(33)30(3)23(20)32)27-24(31)28-26-13-17-11-18(34-4)21(36-6)19(12-17)35-5/h7-13H,14H2,1-6H3,(H,27,28). The number of hydrazone groups is 1.